The summed E-state index contributed by atoms with van der Waals surface area (Å²) in [6, 6.07) is 26.8. The zero-order valence-electron chi connectivity index (χ0n) is 23.2. The maximum Gasteiger partial charge on any atom is 0.280 e. The van der Waals surface area contributed by atoms with Gasteiger partial charge in [-0.25, -0.2) is 13.8 Å². The first-order valence-electron chi connectivity index (χ1n) is 13.4. The van der Waals surface area contributed by atoms with Crippen molar-refractivity contribution in [1.82, 2.24) is 19.5 Å². The molecule has 1 aliphatic rings. The summed E-state index contributed by atoms with van der Waals surface area (Å²) < 4.78 is 42.8. The van der Waals surface area contributed by atoms with Gasteiger partial charge in [0.2, 0.25) is 11.8 Å². The van der Waals surface area contributed by atoms with Crippen LogP contribution in [0.4, 0.5) is 14.7 Å². The highest BCUT2D eigenvalue weighted by atomic mass is 127. The number of aromatic nitrogens is 4. The van der Waals surface area contributed by atoms with Gasteiger partial charge in [-0.3, -0.25) is 14.3 Å². The van der Waals surface area contributed by atoms with E-state index >= 15 is 8.78 Å². The summed E-state index contributed by atoms with van der Waals surface area (Å²) in [5.74, 6) is -1.93. The Kier molecular flexibility index (Phi) is 7.47. The smallest absolute Gasteiger partial charge is 0.280 e. The van der Waals surface area contributed by atoms with E-state index in [0.29, 0.717) is 5.75 Å². The van der Waals surface area contributed by atoms with Gasteiger partial charge >= 0.3 is 0 Å². The summed E-state index contributed by atoms with van der Waals surface area (Å²) >= 11 is 1.69. The molecule has 222 valence electrons. The molecular formula is C31H28F2IN5O4. The van der Waals surface area contributed by atoms with E-state index in [1.54, 1.807) is 29.7 Å². The molecule has 3 aromatic carbocycles. The van der Waals surface area contributed by atoms with Gasteiger partial charge in [0.15, 0.2) is 29.2 Å². The first-order chi connectivity index (χ1) is 20.6. The van der Waals surface area contributed by atoms with E-state index in [4.69, 9.17) is 9.47 Å². The second kappa shape index (κ2) is 11.0. The van der Waals surface area contributed by atoms with E-state index in [9.17, 15) is 9.90 Å². The van der Waals surface area contributed by atoms with Crippen LogP contribution in [0.3, 0.4) is 0 Å². The first kappa shape index (κ1) is 29.2. The van der Waals surface area contributed by atoms with Gasteiger partial charge in [0.05, 0.1) is 17.9 Å². The van der Waals surface area contributed by atoms with Crippen molar-refractivity contribution in [2.75, 3.05) is 16.9 Å². The third-order valence-electron chi connectivity index (χ3n) is 7.84. The molecule has 0 amide bonds. The van der Waals surface area contributed by atoms with E-state index < -0.39 is 35.0 Å². The molecule has 0 spiro atoms. The lowest BCUT2D eigenvalue weighted by Gasteiger charge is -2.37. The Morgan fingerprint density at radius 1 is 1.05 bits per heavy atom. The SMILES string of the molecule is COc1ccc(C(Nc2nc3c(ncn3[C@H]3O[C@](F)(CI)[C@@H](O)[C@@]3(C)F)c(=O)[nH]2)(c2ccccc2)c2ccccc2)cc1. The monoisotopic (exact) mass is 699 g/mol. The summed E-state index contributed by atoms with van der Waals surface area (Å²) in [6.45, 7) is 1.05. The molecule has 1 saturated heterocycles. The average molecular weight is 699 g/mol. The van der Waals surface area contributed by atoms with Gasteiger partial charge < -0.3 is 19.9 Å². The van der Waals surface area contributed by atoms with Crippen molar-refractivity contribution in [2.24, 2.45) is 0 Å². The van der Waals surface area contributed by atoms with Crippen LogP contribution in [0.1, 0.15) is 29.8 Å². The number of aliphatic hydroxyl groups excluding tert-OH is 1. The molecular weight excluding hydrogens is 671 g/mol. The molecule has 0 saturated carbocycles. The highest BCUT2D eigenvalue weighted by Crippen LogP contribution is 2.49. The maximum absolute atomic E-state index is 15.8. The van der Waals surface area contributed by atoms with Gasteiger partial charge in [-0.15, -0.1) is 0 Å². The van der Waals surface area contributed by atoms with Crippen molar-refractivity contribution < 1.29 is 23.4 Å². The molecule has 3 N–H and O–H groups in total. The maximum atomic E-state index is 15.8. The predicted molar refractivity (Wildman–Crippen MR) is 166 cm³/mol. The van der Waals surface area contributed by atoms with Crippen molar-refractivity contribution in [3.05, 3.63) is 118 Å². The van der Waals surface area contributed by atoms with Crippen LogP contribution in [0.15, 0.2) is 96.1 Å². The summed E-state index contributed by atoms with van der Waals surface area (Å²) in [4.78, 5) is 24.9. The van der Waals surface area contributed by atoms with E-state index in [1.807, 2.05) is 84.9 Å². The number of nitrogens with zero attached hydrogens (tertiary/aromatic N) is 3. The number of anilines is 1. The van der Waals surface area contributed by atoms with Gasteiger partial charge in [-0.1, -0.05) is 95.4 Å². The Bertz CT molecular complexity index is 1760. The lowest BCUT2D eigenvalue weighted by Crippen LogP contribution is -2.45. The molecule has 1 aliphatic heterocycles. The molecule has 43 heavy (non-hydrogen) atoms. The number of aromatic amines is 1. The molecule has 2 aromatic heterocycles. The number of hydrogen-bond donors (Lipinski definition) is 3. The Morgan fingerprint density at radius 3 is 2.16 bits per heavy atom. The van der Waals surface area contributed by atoms with Crippen molar-refractivity contribution in [3.8, 4) is 5.75 Å². The van der Waals surface area contributed by atoms with E-state index in [0.717, 1.165) is 34.5 Å². The number of alkyl halides is 3. The first-order valence-corrected chi connectivity index (χ1v) is 15.0. The zero-order chi connectivity index (χ0) is 30.4. The molecule has 0 radical (unpaired) electrons. The van der Waals surface area contributed by atoms with Crippen molar-refractivity contribution in [3.63, 3.8) is 0 Å². The second-order valence-corrected chi connectivity index (χ2v) is 11.3. The quantitative estimate of drug-likeness (QED) is 0.115. The number of nitrogens with one attached hydrogen (secondary N) is 2. The number of methoxy groups -OCH3 is 1. The molecule has 1 fully saturated rings. The minimum absolute atomic E-state index is 0.0438. The summed E-state index contributed by atoms with van der Waals surface area (Å²) in [5.41, 5.74) is -1.88. The number of rotatable bonds is 8. The number of halogens is 3. The molecule has 0 bridgehead atoms. The lowest BCUT2D eigenvalue weighted by molar-refractivity contribution is -0.167. The largest absolute Gasteiger partial charge is 0.497 e. The average Bonchev–Trinajstić information content (AvgIpc) is 3.53. The molecule has 5 aromatic rings. The number of ether oxygens (including phenoxy) is 2. The lowest BCUT2D eigenvalue weighted by atomic mass is 9.77. The number of fused-ring (bicyclic) bond motifs is 1. The van der Waals surface area contributed by atoms with Crippen molar-refractivity contribution >= 4 is 39.7 Å². The number of imidazole rings is 1. The van der Waals surface area contributed by atoms with Gasteiger partial charge in [0, 0.05) is 0 Å². The van der Waals surface area contributed by atoms with Crippen LogP contribution in [0, 0.1) is 0 Å². The summed E-state index contributed by atoms with van der Waals surface area (Å²) in [7, 11) is 1.59. The minimum atomic E-state index is -2.64. The molecule has 4 atom stereocenters. The second-order valence-electron chi connectivity index (χ2n) is 10.5. The standard InChI is InChI=1S/C31H28F2IN5O4/c1-29(32)26(41)30(33,17-34)43-27(29)39-18-35-23-24(39)36-28(37-25(23)40)38-31(19-9-5-3-6-10-19,20-11-7-4-8-12-20)21-13-15-22(42-2)16-14-21/h3-16,18,26-27,41H,17H2,1-2H3,(H2,36,37,38,40)/t26-,27-,29+,30+/m0/s1. The fraction of sp³-hybridized carbons (Fsp3) is 0.258. The van der Waals surface area contributed by atoms with E-state index in [-0.39, 0.29) is 21.5 Å². The van der Waals surface area contributed by atoms with Crippen LogP contribution in [-0.2, 0) is 10.3 Å². The molecule has 0 aliphatic carbocycles. The van der Waals surface area contributed by atoms with Crippen molar-refractivity contribution in [2.45, 2.75) is 36.3 Å². The van der Waals surface area contributed by atoms with Crippen LogP contribution < -0.4 is 15.6 Å². The number of hydrogen-bond acceptors (Lipinski definition) is 7. The molecule has 9 nitrogen and oxygen atoms in total. The number of H-pyrrole nitrogens is 1. The van der Waals surface area contributed by atoms with Crippen LogP contribution in [0.5, 0.6) is 5.75 Å². The zero-order valence-corrected chi connectivity index (χ0v) is 25.3. The normalized spacial score (nSPS) is 23.9. The van der Waals surface area contributed by atoms with Crippen LogP contribution >= 0.6 is 22.6 Å². The van der Waals surface area contributed by atoms with E-state index in [2.05, 4.69) is 20.3 Å². The number of aliphatic hydroxyl groups is 1. The number of benzene rings is 3. The Labute approximate surface area is 259 Å². The molecule has 0 unspecified atom stereocenters. The molecule has 3 heterocycles. The van der Waals surface area contributed by atoms with E-state index in [1.165, 1.54) is 0 Å². The fourth-order valence-corrected chi connectivity index (χ4v) is 6.22. The van der Waals surface area contributed by atoms with Gasteiger partial charge in [0.25, 0.3) is 5.56 Å². The van der Waals surface area contributed by atoms with Gasteiger partial charge in [0.1, 0.15) is 11.3 Å². The van der Waals surface area contributed by atoms with Crippen LogP contribution in [-0.4, -0.2) is 53.8 Å². The highest BCUT2D eigenvalue weighted by molar-refractivity contribution is 14.1. The van der Waals surface area contributed by atoms with Crippen LogP contribution in [0.25, 0.3) is 11.2 Å². The molecule has 12 heteroatoms. The minimum Gasteiger partial charge on any atom is -0.497 e. The Balaban J connectivity index is 1.55. The Hall–Kier alpha value is -3.88. The summed E-state index contributed by atoms with van der Waals surface area (Å²) in [6.07, 6.45) is -2.54. The highest BCUT2D eigenvalue weighted by Gasteiger charge is 2.64. The molecule has 6 rings (SSSR count). The third-order valence-corrected chi connectivity index (χ3v) is 8.88. The summed E-state index contributed by atoms with van der Waals surface area (Å²) in [5, 5.41) is 13.9. The predicted octanol–water partition coefficient (Wildman–Crippen LogP) is 5.25. The van der Waals surface area contributed by atoms with Crippen molar-refractivity contribution in [1.29, 1.82) is 0 Å². The van der Waals surface area contributed by atoms with Crippen LogP contribution in [0.2, 0.25) is 0 Å². The topological polar surface area (TPSA) is 114 Å². The third kappa shape index (κ3) is 4.77. The van der Waals surface area contributed by atoms with Gasteiger partial charge in [-0.2, -0.15) is 4.98 Å². The Morgan fingerprint density at radius 2 is 1.63 bits per heavy atom. The fourth-order valence-electron chi connectivity index (χ4n) is 5.62. The van der Waals surface area contributed by atoms with Gasteiger partial charge in [-0.05, 0) is 35.7 Å².